The number of nitrogens with one attached hydrogen (secondary N) is 2. The number of H-pyrrole nitrogens is 1. The third-order valence-corrected chi connectivity index (χ3v) is 4.78. The highest BCUT2D eigenvalue weighted by atomic mass is 32.2. The van der Waals surface area contributed by atoms with Gasteiger partial charge >= 0.3 is 0 Å². The van der Waals surface area contributed by atoms with Crippen LogP contribution in [0.1, 0.15) is 18.1 Å². The molecule has 9 heteroatoms. The summed E-state index contributed by atoms with van der Waals surface area (Å²) in [5, 5.41) is 7.41. The van der Waals surface area contributed by atoms with Crippen LogP contribution < -0.4 is 5.32 Å². The minimum atomic E-state index is -0.350. The van der Waals surface area contributed by atoms with E-state index in [-0.39, 0.29) is 18.1 Å². The number of anilines is 1. The number of thioether (sulfide) groups is 1. The number of rotatable bonds is 7. The summed E-state index contributed by atoms with van der Waals surface area (Å²) >= 11 is 1.48. The Hall–Kier alpha value is -3.20. The molecule has 0 saturated carbocycles. The van der Waals surface area contributed by atoms with Gasteiger partial charge in [-0.2, -0.15) is 4.98 Å². The Labute approximate surface area is 163 Å². The van der Waals surface area contributed by atoms with Crippen LogP contribution in [0.2, 0.25) is 0 Å². The molecule has 0 spiro atoms. The van der Waals surface area contributed by atoms with Crippen LogP contribution in [0.15, 0.2) is 58.2 Å². The van der Waals surface area contributed by atoms with Gasteiger partial charge in [0, 0.05) is 18.5 Å². The number of carbonyl (C=O) groups is 1. The van der Waals surface area contributed by atoms with Crippen molar-refractivity contribution in [3.8, 4) is 0 Å². The molecule has 4 rings (SSSR count). The molecule has 2 aromatic heterocycles. The molecule has 0 aliphatic rings. The number of carbonyl (C=O) groups excluding carboxylic acids is 1. The summed E-state index contributed by atoms with van der Waals surface area (Å²) in [4.78, 5) is 24.0. The Kier molecular flexibility index (Phi) is 5.34. The first kappa shape index (κ1) is 18.2. The van der Waals surface area contributed by atoms with Crippen molar-refractivity contribution in [3.05, 3.63) is 66.1 Å². The molecule has 0 bridgehead atoms. The van der Waals surface area contributed by atoms with Gasteiger partial charge in [-0.1, -0.05) is 29.1 Å². The van der Waals surface area contributed by atoms with E-state index < -0.39 is 0 Å². The summed E-state index contributed by atoms with van der Waals surface area (Å²) in [6.07, 6.45) is 0.519. The predicted molar refractivity (Wildman–Crippen MR) is 103 cm³/mol. The van der Waals surface area contributed by atoms with Crippen molar-refractivity contribution in [2.24, 2.45) is 0 Å². The number of aromatic nitrogens is 4. The number of aryl methyl sites for hydroxylation is 1. The minimum Gasteiger partial charge on any atom is -0.339 e. The van der Waals surface area contributed by atoms with E-state index in [9.17, 15) is 9.18 Å². The molecule has 0 aliphatic carbocycles. The van der Waals surface area contributed by atoms with Gasteiger partial charge in [0.15, 0.2) is 11.0 Å². The van der Waals surface area contributed by atoms with Gasteiger partial charge in [-0.3, -0.25) is 4.79 Å². The summed E-state index contributed by atoms with van der Waals surface area (Å²) in [6.45, 7) is 0. The van der Waals surface area contributed by atoms with Crippen molar-refractivity contribution < 1.29 is 13.7 Å². The molecule has 1 amide bonds. The van der Waals surface area contributed by atoms with E-state index in [1.54, 1.807) is 0 Å². The Bertz CT molecular complexity index is 1060. The molecule has 0 saturated heterocycles. The Morgan fingerprint density at radius 3 is 2.79 bits per heavy atom. The molecule has 0 radical (unpaired) electrons. The van der Waals surface area contributed by atoms with E-state index in [1.165, 1.54) is 36.0 Å². The van der Waals surface area contributed by atoms with Gasteiger partial charge in [-0.05, 0) is 36.4 Å². The van der Waals surface area contributed by atoms with E-state index in [1.807, 2.05) is 24.3 Å². The number of hydrogen-bond donors (Lipinski definition) is 2. The number of benzene rings is 2. The van der Waals surface area contributed by atoms with E-state index in [0.29, 0.717) is 29.6 Å². The maximum Gasteiger partial charge on any atom is 0.227 e. The van der Waals surface area contributed by atoms with Crippen LogP contribution in [-0.4, -0.2) is 26.0 Å². The lowest BCUT2D eigenvalue weighted by Gasteiger charge is -2.03. The van der Waals surface area contributed by atoms with Gasteiger partial charge in [0.1, 0.15) is 5.82 Å². The fourth-order valence-electron chi connectivity index (χ4n) is 2.56. The first-order chi connectivity index (χ1) is 13.7. The average molecular weight is 397 g/mol. The van der Waals surface area contributed by atoms with Crippen LogP contribution in [0.5, 0.6) is 0 Å². The van der Waals surface area contributed by atoms with Crippen LogP contribution in [0.25, 0.3) is 11.0 Å². The molecular weight excluding hydrogens is 381 g/mol. The van der Waals surface area contributed by atoms with E-state index in [4.69, 9.17) is 4.52 Å². The van der Waals surface area contributed by atoms with Gasteiger partial charge in [0.25, 0.3) is 0 Å². The van der Waals surface area contributed by atoms with E-state index in [2.05, 4.69) is 25.4 Å². The third kappa shape index (κ3) is 4.55. The SMILES string of the molecule is O=C(CCc1nc(CSc2nc3ccccc3[nH]2)no1)Nc1ccc(F)cc1. The predicted octanol–water partition coefficient (Wildman–Crippen LogP) is 3.95. The molecule has 0 aliphatic heterocycles. The summed E-state index contributed by atoms with van der Waals surface area (Å²) < 4.78 is 18.1. The number of halogens is 1. The number of aromatic amines is 1. The number of para-hydroxylation sites is 2. The monoisotopic (exact) mass is 397 g/mol. The number of imidazole rings is 1. The van der Waals surface area contributed by atoms with Crippen molar-refractivity contribution in [3.63, 3.8) is 0 Å². The van der Waals surface area contributed by atoms with Crippen LogP contribution >= 0.6 is 11.8 Å². The van der Waals surface area contributed by atoms with Crippen LogP contribution in [-0.2, 0) is 17.0 Å². The zero-order chi connectivity index (χ0) is 19.3. The molecule has 28 heavy (non-hydrogen) atoms. The maximum atomic E-state index is 12.9. The lowest BCUT2D eigenvalue weighted by molar-refractivity contribution is -0.116. The van der Waals surface area contributed by atoms with Gasteiger partial charge in [0.05, 0.1) is 16.8 Å². The number of fused-ring (bicyclic) bond motifs is 1. The van der Waals surface area contributed by atoms with Crippen molar-refractivity contribution in [2.45, 2.75) is 23.8 Å². The average Bonchev–Trinajstić information content (AvgIpc) is 3.33. The smallest absolute Gasteiger partial charge is 0.227 e. The van der Waals surface area contributed by atoms with E-state index in [0.717, 1.165) is 16.2 Å². The number of amides is 1. The second kappa shape index (κ2) is 8.22. The zero-order valence-electron chi connectivity index (χ0n) is 14.7. The van der Waals surface area contributed by atoms with Crippen molar-refractivity contribution in [1.29, 1.82) is 0 Å². The molecule has 0 atom stereocenters. The Morgan fingerprint density at radius 1 is 1.14 bits per heavy atom. The van der Waals surface area contributed by atoms with E-state index >= 15 is 0 Å². The second-order valence-corrected chi connectivity index (χ2v) is 6.97. The van der Waals surface area contributed by atoms with Gasteiger partial charge < -0.3 is 14.8 Å². The Morgan fingerprint density at radius 2 is 1.96 bits per heavy atom. The second-order valence-electron chi connectivity index (χ2n) is 6.01. The normalized spacial score (nSPS) is 11.0. The van der Waals surface area contributed by atoms with Crippen molar-refractivity contribution in [1.82, 2.24) is 20.1 Å². The molecule has 2 heterocycles. The summed E-state index contributed by atoms with van der Waals surface area (Å²) in [7, 11) is 0. The third-order valence-electron chi connectivity index (χ3n) is 3.91. The molecule has 7 nitrogen and oxygen atoms in total. The fraction of sp³-hybridized carbons (Fsp3) is 0.158. The lowest BCUT2D eigenvalue weighted by Crippen LogP contribution is -2.12. The zero-order valence-corrected chi connectivity index (χ0v) is 15.5. The maximum absolute atomic E-state index is 12.9. The van der Waals surface area contributed by atoms with Crippen LogP contribution in [0.4, 0.5) is 10.1 Å². The standard InChI is InChI=1S/C19H16FN5O2S/c20-12-5-7-13(8-6-12)21-17(26)9-10-18-24-16(25-27-18)11-28-19-22-14-3-1-2-4-15(14)23-19/h1-8H,9-11H2,(H,21,26)(H,22,23). The van der Waals surface area contributed by atoms with Gasteiger partial charge in [-0.25, -0.2) is 9.37 Å². The largest absolute Gasteiger partial charge is 0.339 e. The highest BCUT2D eigenvalue weighted by Gasteiger charge is 2.11. The Balaban J connectivity index is 1.26. The van der Waals surface area contributed by atoms with Gasteiger partial charge in [-0.15, -0.1) is 0 Å². The van der Waals surface area contributed by atoms with Crippen molar-refractivity contribution >= 4 is 34.4 Å². The highest BCUT2D eigenvalue weighted by Crippen LogP contribution is 2.22. The fourth-order valence-corrected chi connectivity index (χ4v) is 3.29. The number of nitrogens with zero attached hydrogens (tertiary/aromatic N) is 3. The molecule has 4 aromatic rings. The van der Waals surface area contributed by atoms with Crippen LogP contribution in [0, 0.1) is 5.82 Å². The topological polar surface area (TPSA) is 96.7 Å². The lowest BCUT2D eigenvalue weighted by atomic mass is 10.2. The molecule has 2 aromatic carbocycles. The number of hydrogen-bond acceptors (Lipinski definition) is 6. The first-order valence-electron chi connectivity index (χ1n) is 8.60. The van der Waals surface area contributed by atoms with Crippen LogP contribution in [0.3, 0.4) is 0 Å². The summed E-state index contributed by atoms with van der Waals surface area (Å²) in [5.41, 5.74) is 2.43. The molecule has 0 unspecified atom stereocenters. The summed E-state index contributed by atoms with van der Waals surface area (Å²) in [6, 6.07) is 13.4. The summed E-state index contributed by atoms with van der Waals surface area (Å²) in [5.74, 6) is 0.888. The molecule has 142 valence electrons. The quantitative estimate of drug-likeness (QED) is 0.459. The first-order valence-corrected chi connectivity index (χ1v) is 9.59. The van der Waals surface area contributed by atoms with Crippen molar-refractivity contribution in [2.75, 3.05) is 5.32 Å². The molecule has 2 N–H and O–H groups in total. The van der Waals surface area contributed by atoms with Gasteiger partial charge in [0.2, 0.25) is 11.8 Å². The molecule has 0 fully saturated rings. The highest BCUT2D eigenvalue weighted by molar-refractivity contribution is 7.98. The molecular formula is C19H16FN5O2S. The minimum absolute atomic E-state index is 0.190.